The third kappa shape index (κ3) is 4.42. The first-order valence-electron chi connectivity index (χ1n) is 6.36. The van der Waals surface area contributed by atoms with Crippen molar-refractivity contribution in [2.75, 3.05) is 7.11 Å². The summed E-state index contributed by atoms with van der Waals surface area (Å²) in [5, 5.41) is 12.0. The highest BCUT2D eigenvalue weighted by Crippen LogP contribution is 2.23. The van der Waals surface area contributed by atoms with E-state index in [1.54, 1.807) is 6.07 Å². The second-order valence-electron chi connectivity index (χ2n) is 4.35. The van der Waals surface area contributed by atoms with E-state index in [0.717, 1.165) is 12.8 Å². The molecule has 0 spiro atoms. The van der Waals surface area contributed by atoms with Crippen LogP contribution in [0.4, 0.5) is 0 Å². The van der Waals surface area contributed by atoms with Crippen LogP contribution in [-0.2, 0) is 4.79 Å². The number of aliphatic carboxylic acids is 1. The highest BCUT2D eigenvalue weighted by Gasteiger charge is 2.21. The zero-order chi connectivity index (χ0) is 15.1. The highest BCUT2D eigenvalue weighted by atomic mass is 35.5. The summed E-state index contributed by atoms with van der Waals surface area (Å²) < 4.78 is 5.08. The maximum Gasteiger partial charge on any atom is 0.326 e. The van der Waals surface area contributed by atoms with E-state index in [2.05, 4.69) is 5.32 Å². The molecule has 0 saturated heterocycles. The average molecular weight is 300 g/mol. The Morgan fingerprint density at radius 2 is 2.15 bits per heavy atom. The predicted octanol–water partition coefficient (Wildman–Crippen LogP) is 2.72. The Balaban J connectivity index is 2.86. The number of ether oxygens (including phenoxy) is 1. The fourth-order valence-electron chi connectivity index (χ4n) is 1.75. The van der Waals surface area contributed by atoms with Gasteiger partial charge in [0.1, 0.15) is 11.8 Å². The molecule has 1 aromatic rings. The van der Waals surface area contributed by atoms with E-state index in [9.17, 15) is 9.59 Å². The van der Waals surface area contributed by atoms with Gasteiger partial charge < -0.3 is 15.2 Å². The van der Waals surface area contributed by atoms with Crippen LogP contribution in [0.3, 0.4) is 0 Å². The molecule has 0 saturated carbocycles. The molecule has 110 valence electrons. The van der Waals surface area contributed by atoms with Gasteiger partial charge in [-0.15, -0.1) is 0 Å². The van der Waals surface area contributed by atoms with E-state index in [0.29, 0.717) is 17.2 Å². The predicted molar refractivity (Wildman–Crippen MR) is 76.4 cm³/mol. The number of carbonyl (C=O) groups is 2. The van der Waals surface area contributed by atoms with Gasteiger partial charge in [0.05, 0.1) is 12.7 Å². The van der Waals surface area contributed by atoms with Crippen LogP contribution >= 0.6 is 11.6 Å². The molecule has 0 radical (unpaired) electrons. The van der Waals surface area contributed by atoms with E-state index >= 15 is 0 Å². The van der Waals surface area contributed by atoms with Crippen LogP contribution in [0, 0.1) is 0 Å². The molecule has 0 aromatic heterocycles. The van der Waals surface area contributed by atoms with Gasteiger partial charge in [-0.25, -0.2) is 4.79 Å². The monoisotopic (exact) mass is 299 g/mol. The number of carboxylic acid groups (broad SMARTS) is 1. The normalized spacial score (nSPS) is 11.8. The number of unbranched alkanes of at least 4 members (excludes halogenated alkanes) is 1. The number of rotatable bonds is 7. The zero-order valence-corrected chi connectivity index (χ0v) is 12.2. The lowest BCUT2D eigenvalue weighted by Gasteiger charge is -2.15. The largest absolute Gasteiger partial charge is 0.496 e. The van der Waals surface area contributed by atoms with Crippen LogP contribution in [-0.4, -0.2) is 30.1 Å². The number of carboxylic acids is 1. The van der Waals surface area contributed by atoms with Crippen molar-refractivity contribution in [2.45, 2.75) is 32.2 Å². The number of carbonyl (C=O) groups excluding carboxylic acids is 1. The molecule has 0 aliphatic rings. The van der Waals surface area contributed by atoms with Gasteiger partial charge in [0.25, 0.3) is 5.91 Å². The molecule has 1 aromatic carbocycles. The summed E-state index contributed by atoms with van der Waals surface area (Å²) in [6.07, 6.45) is 1.99. The van der Waals surface area contributed by atoms with Crippen LogP contribution in [0.2, 0.25) is 5.02 Å². The summed E-state index contributed by atoms with van der Waals surface area (Å²) in [5.41, 5.74) is 0.264. The second kappa shape index (κ2) is 7.75. The average Bonchev–Trinajstić information content (AvgIpc) is 2.42. The molecule has 0 bridgehead atoms. The highest BCUT2D eigenvalue weighted by molar-refractivity contribution is 6.30. The molecule has 6 heteroatoms. The van der Waals surface area contributed by atoms with Crippen LogP contribution in [0.15, 0.2) is 18.2 Å². The maximum atomic E-state index is 12.1. The fourth-order valence-corrected chi connectivity index (χ4v) is 1.92. The standard InChI is InChI=1S/C14H18ClNO4/c1-3-4-5-11(14(18)19)16-13(17)10-7-6-9(15)8-12(10)20-2/h6-8,11H,3-5H2,1-2H3,(H,16,17)(H,18,19). The van der Waals surface area contributed by atoms with Crippen LogP contribution < -0.4 is 10.1 Å². The van der Waals surface area contributed by atoms with E-state index in [1.807, 2.05) is 6.92 Å². The molecule has 5 nitrogen and oxygen atoms in total. The first-order chi connectivity index (χ1) is 9.49. The molecule has 0 fully saturated rings. The quantitative estimate of drug-likeness (QED) is 0.811. The molecule has 1 rings (SSSR count). The van der Waals surface area contributed by atoms with Crippen molar-refractivity contribution in [3.8, 4) is 5.75 Å². The lowest BCUT2D eigenvalue weighted by Crippen LogP contribution is -2.40. The molecule has 1 unspecified atom stereocenters. The van der Waals surface area contributed by atoms with Crippen LogP contribution in [0.25, 0.3) is 0 Å². The van der Waals surface area contributed by atoms with Crippen LogP contribution in [0.1, 0.15) is 36.5 Å². The second-order valence-corrected chi connectivity index (χ2v) is 4.79. The summed E-state index contributed by atoms with van der Waals surface area (Å²) in [7, 11) is 1.42. The van der Waals surface area contributed by atoms with Crippen molar-refractivity contribution in [1.82, 2.24) is 5.32 Å². The number of nitrogens with one attached hydrogen (secondary N) is 1. The first-order valence-corrected chi connectivity index (χ1v) is 6.74. The van der Waals surface area contributed by atoms with E-state index < -0.39 is 17.9 Å². The zero-order valence-electron chi connectivity index (χ0n) is 11.5. The minimum atomic E-state index is -1.04. The lowest BCUT2D eigenvalue weighted by molar-refractivity contribution is -0.139. The van der Waals surface area contributed by atoms with E-state index in [1.165, 1.54) is 19.2 Å². The molecule has 1 amide bonds. The van der Waals surface area contributed by atoms with Gasteiger partial charge in [-0.05, 0) is 24.6 Å². The number of methoxy groups -OCH3 is 1. The van der Waals surface area contributed by atoms with E-state index in [4.69, 9.17) is 21.4 Å². The van der Waals surface area contributed by atoms with Crippen molar-refractivity contribution in [1.29, 1.82) is 0 Å². The molecular weight excluding hydrogens is 282 g/mol. The Kier molecular flexibility index (Phi) is 6.31. The molecule has 0 aliphatic carbocycles. The summed E-state index contributed by atoms with van der Waals surface area (Å²) in [4.78, 5) is 23.2. The van der Waals surface area contributed by atoms with Gasteiger partial charge >= 0.3 is 5.97 Å². The third-order valence-electron chi connectivity index (χ3n) is 2.86. The summed E-state index contributed by atoms with van der Waals surface area (Å²) in [6, 6.07) is 3.68. The minimum Gasteiger partial charge on any atom is -0.496 e. The molecule has 1 atom stereocenters. The number of halogens is 1. The first kappa shape index (κ1) is 16.3. The molecule has 20 heavy (non-hydrogen) atoms. The number of hydrogen-bond donors (Lipinski definition) is 2. The third-order valence-corrected chi connectivity index (χ3v) is 3.09. The van der Waals surface area contributed by atoms with Crippen molar-refractivity contribution in [3.05, 3.63) is 28.8 Å². The number of benzene rings is 1. The summed E-state index contributed by atoms with van der Waals surface area (Å²) >= 11 is 5.82. The Morgan fingerprint density at radius 3 is 2.70 bits per heavy atom. The molecule has 2 N–H and O–H groups in total. The Morgan fingerprint density at radius 1 is 1.45 bits per heavy atom. The molecule has 0 heterocycles. The van der Waals surface area contributed by atoms with Gasteiger partial charge in [-0.2, -0.15) is 0 Å². The Labute approximate surface area is 122 Å². The van der Waals surface area contributed by atoms with Crippen molar-refractivity contribution >= 4 is 23.5 Å². The lowest BCUT2D eigenvalue weighted by atomic mass is 10.1. The minimum absolute atomic E-state index is 0.264. The Hall–Kier alpha value is -1.75. The van der Waals surface area contributed by atoms with Gasteiger partial charge in [0.2, 0.25) is 0 Å². The molecular formula is C14H18ClNO4. The van der Waals surface area contributed by atoms with Gasteiger partial charge in [-0.3, -0.25) is 4.79 Å². The number of amides is 1. The topological polar surface area (TPSA) is 75.6 Å². The summed E-state index contributed by atoms with van der Waals surface area (Å²) in [6.45, 7) is 1.96. The summed E-state index contributed by atoms with van der Waals surface area (Å²) in [5.74, 6) is -1.21. The number of hydrogen-bond acceptors (Lipinski definition) is 3. The Bertz CT molecular complexity index is 490. The van der Waals surface area contributed by atoms with Crippen LogP contribution in [0.5, 0.6) is 5.75 Å². The van der Waals surface area contributed by atoms with Crippen molar-refractivity contribution in [3.63, 3.8) is 0 Å². The van der Waals surface area contributed by atoms with Crippen molar-refractivity contribution < 1.29 is 19.4 Å². The van der Waals surface area contributed by atoms with E-state index in [-0.39, 0.29) is 5.56 Å². The maximum absolute atomic E-state index is 12.1. The van der Waals surface area contributed by atoms with Gasteiger partial charge in [0, 0.05) is 5.02 Å². The SMILES string of the molecule is CCCCC(NC(=O)c1ccc(Cl)cc1OC)C(=O)O. The smallest absolute Gasteiger partial charge is 0.326 e. The fraction of sp³-hybridized carbons (Fsp3) is 0.429. The van der Waals surface area contributed by atoms with Gasteiger partial charge in [-0.1, -0.05) is 31.4 Å². The van der Waals surface area contributed by atoms with Crippen molar-refractivity contribution in [2.24, 2.45) is 0 Å². The molecule has 0 aliphatic heterocycles. The van der Waals surface area contributed by atoms with Gasteiger partial charge in [0.15, 0.2) is 0 Å².